The predicted molar refractivity (Wildman–Crippen MR) is 76.1 cm³/mol. The lowest BCUT2D eigenvalue weighted by Gasteiger charge is -2.30. The average molecular weight is 266 g/mol. The molecule has 0 aromatic heterocycles. The van der Waals surface area contributed by atoms with Gasteiger partial charge in [-0.05, 0) is 26.2 Å². The van der Waals surface area contributed by atoms with Gasteiger partial charge in [-0.25, -0.2) is 0 Å². The molecule has 0 heterocycles. The molecule has 4 heteroatoms. The molecular formula is C12H26O2S2. The van der Waals surface area contributed by atoms with Crippen molar-refractivity contribution in [2.75, 3.05) is 12.4 Å². The fourth-order valence-corrected chi connectivity index (χ4v) is 2.52. The zero-order chi connectivity index (χ0) is 12.6. The van der Waals surface area contributed by atoms with Crippen molar-refractivity contribution in [1.29, 1.82) is 0 Å². The van der Waals surface area contributed by atoms with Gasteiger partial charge in [0, 0.05) is 5.75 Å². The monoisotopic (exact) mass is 266 g/mol. The van der Waals surface area contributed by atoms with Crippen LogP contribution < -0.4 is 0 Å². The summed E-state index contributed by atoms with van der Waals surface area (Å²) in [6.07, 6.45) is 2.30. The van der Waals surface area contributed by atoms with Crippen LogP contribution in [0.3, 0.4) is 0 Å². The maximum atomic E-state index is 5.74. The highest BCUT2D eigenvalue weighted by Gasteiger charge is 2.29. The Balaban J connectivity index is 4.12. The van der Waals surface area contributed by atoms with E-state index in [1.54, 1.807) is 11.8 Å². The molecule has 0 aliphatic rings. The first kappa shape index (κ1) is 16.6. The molecule has 0 saturated carbocycles. The number of ether oxygens (including phenoxy) is 2. The Labute approximate surface area is 110 Å². The molecule has 0 saturated heterocycles. The highest BCUT2D eigenvalue weighted by Crippen LogP contribution is 2.35. The van der Waals surface area contributed by atoms with Crippen LogP contribution in [0.25, 0.3) is 0 Å². The summed E-state index contributed by atoms with van der Waals surface area (Å²) in [5.74, 6) is 1.60. The van der Waals surface area contributed by atoms with Crippen molar-refractivity contribution in [3.05, 3.63) is 0 Å². The SMILES string of the molecule is CCCCOC(S)(OC(C)C)SCC(C)C. The van der Waals surface area contributed by atoms with E-state index in [1.165, 1.54) is 0 Å². The summed E-state index contributed by atoms with van der Waals surface area (Å²) in [6.45, 7) is 11.2. The van der Waals surface area contributed by atoms with Gasteiger partial charge in [0.25, 0.3) is 4.45 Å². The molecule has 0 fully saturated rings. The number of hydrogen-bond donors (Lipinski definition) is 1. The second-order valence-corrected chi connectivity index (χ2v) is 6.65. The van der Waals surface area contributed by atoms with E-state index >= 15 is 0 Å². The Hall–Kier alpha value is 0.620. The minimum Gasteiger partial charge on any atom is -0.333 e. The first-order valence-corrected chi connectivity index (χ1v) is 7.51. The van der Waals surface area contributed by atoms with Crippen LogP contribution in [0.5, 0.6) is 0 Å². The van der Waals surface area contributed by atoms with Gasteiger partial charge in [-0.2, -0.15) is 0 Å². The number of thioether (sulfide) groups is 1. The average Bonchev–Trinajstić information content (AvgIpc) is 2.14. The van der Waals surface area contributed by atoms with Crippen LogP contribution in [-0.2, 0) is 9.47 Å². The van der Waals surface area contributed by atoms with E-state index in [2.05, 4.69) is 33.4 Å². The maximum absolute atomic E-state index is 5.74. The lowest BCUT2D eigenvalue weighted by atomic mass is 10.3. The van der Waals surface area contributed by atoms with Crippen molar-refractivity contribution < 1.29 is 9.47 Å². The summed E-state index contributed by atoms with van der Waals surface area (Å²) < 4.78 is 10.7. The van der Waals surface area contributed by atoms with Gasteiger partial charge in [0.05, 0.1) is 12.7 Å². The van der Waals surface area contributed by atoms with Crippen molar-refractivity contribution in [2.45, 2.75) is 58.0 Å². The summed E-state index contributed by atoms with van der Waals surface area (Å²) in [7, 11) is 0. The Morgan fingerprint density at radius 1 is 1.25 bits per heavy atom. The third-order valence-corrected chi connectivity index (χ3v) is 3.80. The first-order valence-electron chi connectivity index (χ1n) is 6.07. The Kier molecular flexibility index (Phi) is 9.01. The van der Waals surface area contributed by atoms with Gasteiger partial charge in [0.15, 0.2) is 0 Å². The standard InChI is InChI=1S/C12H26O2S2/c1-6-7-8-13-12(15,14-11(4)5)16-9-10(2)3/h10-11,15H,6-9H2,1-5H3. The second-order valence-electron chi connectivity index (χ2n) is 4.60. The molecule has 1 unspecified atom stereocenters. The lowest BCUT2D eigenvalue weighted by molar-refractivity contribution is -0.130. The molecule has 0 aromatic rings. The molecule has 0 radical (unpaired) electrons. The van der Waals surface area contributed by atoms with Crippen molar-refractivity contribution in [3.8, 4) is 0 Å². The van der Waals surface area contributed by atoms with Crippen LogP contribution in [0.1, 0.15) is 47.5 Å². The molecule has 0 spiro atoms. The summed E-state index contributed by atoms with van der Waals surface area (Å²) in [5, 5.41) is 0. The molecule has 0 aliphatic heterocycles. The van der Waals surface area contributed by atoms with Crippen LogP contribution in [0.4, 0.5) is 0 Å². The van der Waals surface area contributed by atoms with E-state index in [1.807, 2.05) is 13.8 Å². The molecule has 0 rings (SSSR count). The van der Waals surface area contributed by atoms with Crippen molar-refractivity contribution >= 4 is 24.4 Å². The number of rotatable bonds is 9. The van der Waals surface area contributed by atoms with Gasteiger partial charge < -0.3 is 9.47 Å². The molecular weight excluding hydrogens is 240 g/mol. The molecule has 1 atom stereocenters. The van der Waals surface area contributed by atoms with Gasteiger partial charge >= 0.3 is 0 Å². The van der Waals surface area contributed by atoms with Crippen molar-refractivity contribution in [2.24, 2.45) is 5.92 Å². The maximum Gasteiger partial charge on any atom is 0.267 e. The third-order valence-electron chi connectivity index (χ3n) is 1.77. The molecule has 98 valence electrons. The van der Waals surface area contributed by atoms with Crippen LogP contribution >= 0.6 is 24.4 Å². The van der Waals surface area contributed by atoms with Gasteiger partial charge in [0.2, 0.25) is 0 Å². The minimum absolute atomic E-state index is 0.124. The third kappa shape index (κ3) is 8.74. The van der Waals surface area contributed by atoms with Crippen molar-refractivity contribution in [1.82, 2.24) is 0 Å². The number of thiol groups is 1. The fraction of sp³-hybridized carbons (Fsp3) is 1.00. The molecule has 0 aromatic carbocycles. The zero-order valence-electron chi connectivity index (χ0n) is 11.2. The molecule has 0 aliphatic carbocycles. The fourth-order valence-electron chi connectivity index (χ4n) is 1.03. The molecule has 2 nitrogen and oxygen atoms in total. The topological polar surface area (TPSA) is 18.5 Å². The number of hydrogen-bond acceptors (Lipinski definition) is 4. The smallest absolute Gasteiger partial charge is 0.267 e. The zero-order valence-corrected chi connectivity index (χ0v) is 12.9. The summed E-state index contributed by atoms with van der Waals surface area (Å²) in [4.78, 5) is 0. The van der Waals surface area contributed by atoms with E-state index in [9.17, 15) is 0 Å². The Morgan fingerprint density at radius 3 is 2.31 bits per heavy atom. The summed E-state index contributed by atoms with van der Waals surface area (Å²) >= 11 is 6.15. The highest BCUT2D eigenvalue weighted by atomic mass is 32.2. The summed E-state index contributed by atoms with van der Waals surface area (Å²) in [5.41, 5.74) is 0. The van der Waals surface area contributed by atoms with Gasteiger partial charge in [-0.3, -0.25) is 0 Å². The van der Waals surface area contributed by atoms with Crippen LogP contribution in [-0.4, -0.2) is 22.9 Å². The predicted octanol–water partition coefficient (Wildman–Crippen LogP) is 4.16. The summed E-state index contributed by atoms with van der Waals surface area (Å²) in [6, 6.07) is 0. The van der Waals surface area contributed by atoms with E-state index < -0.39 is 4.45 Å². The molecule has 0 bridgehead atoms. The van der Waals surface area contributed by atoms with E-state index in [0.29, 0.717) is 12.5 Å². The lowest BCUT2D eigenvalue weighted by Crippen LogP contribution is -2.30. The Morgan fingerprint density at radius 2 is 1.88 bits per heavy atom. The molecule has 0 amide bonds. The quantitative estimate of drug-likeness (QED) is 0.384. The Bertz CT molecular complexity index is 174. The normalized spacial score (nSPS) is 15.8. The van der Waals surface area contributed by atoms with E-state index in [4.69, 9.17) is 9.47 Å². The van der Waals surface area contributed by atoms with E-state index in [0.717, 1.165) is 18.6 Å². The highest BCUT2D eigenvalue weighted by molar-refractivity contribution is 8.11. The van der Waals surface area contributed by atoms with Crippen LogP contribution in [0.15, 0.2) is 0 Å². The van der Waals surface area contributed by atoms with E-state index in [-0.39, 0.29) is 6.10 Å². The number of unbranched alkanes of at least 4 members (excludes halogenated alkanes) is 1. The van der Waals surface area contributed by atoms with Crippen LogP contribution in [0.2, 0.25) is 0 Å². The molecule has 0 N–H and O–H groups in total. The van der Waals surface area contributed by atoms with Crippen LogP contribution in [0, 0.1) is 5.92 Å². The molecule has 16 heavy (non-hydrogen) atoms. The first-order chi connectivity index (χ1) is 7.39. The largest absolute Gasteiger partial charge is 0.333 e. The van der Waals surface area contributed by atoms with Gasteiger partial charge in [-0.15, -0.1) is 12.6 Å². The van der Waals surface area contributed by atoms with Crippen molar-refractivity contribution in [3.63, 3.8) is 0 Å². The second kappa shape index (κ2) is 8.67. The van der Waals surface area contributed by atoms with Gasteiger partial charge in [0.1, 0.15) is 0 Å². The van der Waals surface area contributed by atoms with Gasteiger partial charge in [-0.1, -0.05) is 39.0 Å². The minimum atomic E-state index is -0.784.